The zero-order valence-corrected chi connectivity index (χ0v) is 16.9. The Kier molecular flexibility index (Phi) is 4.25. The molecule has 148 valence electrons. The summed E-state index contributed by atoms with van der Waals surface area (Å²) in [6.07, 6.45) is 1.60. The summed E-state index contributed by atoms with van der Waals surface area (Å²) in [5.74, 6) is 1.01. The van der Waals surface area contributed by atoms with Crippen molar-refractivity contribution >= 4 is 22.5 Å². The van der Waals surface area contributed by atoms with Gasteiger partial charge in [-0.05, 0) is 55.8 Å². The Hall–Kier alpha value is -3.71. The first kappa shape index (κ1) is 18.3. The minimum atomic E-state index is -0.176. The van der Waals surface area contributed by atoms with Crippen molar-refractivity contribution < 1.29 is 4.52 Å². The van der Waals surface area contributed by atoms with Gasteiger partial charge in [-0.25, -0.2) is 4.68 Å². The molecule has 5 aromatic rings. The van der Waals surface area contributed by atoms with Gasteiger partial charge in [0.15, 0.2) is 5.82 Å². The number of hydrogen-bond acceptors (Lipinski definition) is 5. The number of nitrogens with zero attached hydrogens (tertiary/aromatic N) is 4. The summed E-state index contributed by atoms with van der Waals surface area (Å²) in [4.78, 5) is 21.8. The van der Waals surface area contributed by atoms with E-state index in [4.69, 9.17) is 16.1 Å². The molecule has 3 heterocycles. The number of rotatable bonds is 3. The molecule has 1 N–H and O–H groups in total. The van der Waals surface area contributed by atoms with Gasteiger partial charge in [0.25, 0.3) is 11.4 Å². The summed E-state index contributed by atoms with van der Waals surface area (Å²) in [7, 11) is 0. The van der Waals surface area contributed by atoms with Crippen molar-refractivity contribution in [2.45, 2.75) is 13.8 Å². The quantitative estimate of drug-likeness (QED) is 0.459. The van der Waals surface area contributed by atoms with Crippen LogP contribution in [0.15, 0.2) is 64.0 Å². The Bertz CT molecular complexity index is 1450. The summed E-state index contributed by atoms with van der Waals surface area (Å²) in [5, 5.41) is 8.21. The molecule has 0 aliphatic carbocycles. The van der Waals surface area contributed by atoms with Crippen molar-refractivity contribution in [2.75, 3.05) is 0 Å². The van der Waals surface area contributed by atoms with Crippen LogP contribution in [0.3, 0.4) is 0 Å². The van der Waals surface area contributed by atoms with E-state index >= 15 is 0 Å². The Morgan fingerprint density at radius 2 is 1.83 bits per heavy atom. The molecule has 0 aliphatic rings. The summed E-state index contributed by atoms with van der Waals surface area (Å²) >= 11 is 5.99. The topological polar surface area (TPSA) is 89.6 Å². The average Bonchev–Trinajstić information content (AvgIpc) is 3.32. The molecule has 8 heteroatoms. The summed E-state index contributed by atoms with van der Waals surface area (Å²) in [6, 6.07) is 14.8. The molecule has 2 aromatic carbocycles. The number of pyridine rings is 1. The van der Waals surface area contributed by atoms with Gasteiger partial charge in [-0.2, -0.15) is 4.98 Å². The third-order valence-corrected chi connectivity index (χ3v) is 5.19. The van der Waals surface area contributed by atoms with Crippen LogP contribution in [0.1, 0.15) is 11.5 Å². The molecule has 0 radical (unpaired) electrons. The molecular weight excluding hydrogens is 402 g/mol. The van der Waals surface area contributed by atoms with Crippen molar-refractivity contribution in [1.29, 1.82) is 0 Å². The minimum absolute atomic E-state index is 0.176. The van der Waals surface area contributed by atoms with E-state index in [1.165, 1.54) is 4.68 Å². The molecule has 0 unspecified atom stereocenters. The first-order valence-corrected chi connectivity index (χ1v) is 9.66. The first-order chi connectivity index (χ1) is 14.5. The van der Waals surface area contributed by atoms with Gasteiger partial charge in [-0.3, -0.25) is 14.9 Å². The molecule has 0 saturated carbocycles. The molecule has 0 bridgehead atoms. The van der Waals surface area contributed by atoms with Crippen LogP contribution in [0.4, 0.5) is 0 Å². The molecule has 7 nitrogen and oxygen atoms in total. The maximum Gasteiger partial charge on any atom is 0.280 e. The number of fused-ring (bicyclic) bond motifs is 1. The van der Waals surface area contributed by atoms with Crippen LogP contribution < -0.4 is 5.56 Å². The van der Waals surface area contributed by atoms with Crippen molar-refractivity contribution in [2.24, 2.45) is 0 Å². The van der Waals surface area contributed by atoms with E-state index in [1.54, 1.807) is 37.4 Å². The monoisotopic (exact) mass is 417 g/mol. The second-order valence-corrected chi connectivity index (χ2v) is 7.40. The van der Waals surface area contributed by atoms with E-state index in [9.17, 15) is 4.79 Å². The highest BCUT2D eigenvalue weighted by Crippen LogP contribution is 2.31. The normalized spacial score (nSPS) is 11.3. The van der Waals surface area contributed by atoms with Crippen LogP contribution in [0, 0.1) is 13.8 Å². The lowest BCUT2D eigenvalue weighted by molar-refractivity contribution is 0.425. The van der Waals surface area contributed by atoms with Crippen LogP contribution in [0.5, 0.6) is 0 Å². The maximum atomic E-state index is 13.0. The molecule has 3 aromatic heterocycles. The van der Waals surface area contributed by atoms with Crippen LogP contribution in [-0.4, -0.2) is 24.9 Å². The van der Waals surface area contributed by atoms with Crippen LogP contribution in [0.25, 0.3) is 39.2 Å². The number of aromatic nitrogens is 5. The Morgan fingerprint density at radius 1 is 1.07 bits per heavy atom. The standard InChI is InChI=1S/C22H16ClN5O2/c1-12-19(14-4-3-5-15(10-14)21-25-13(2)27-30-21)20-18(11-24-12)22(29)28(26-20)17-8-6-16(23)7-9-17/h3-11,26H,1-2H3. The second kappa shape index (κ2) is 6.96. The average molecular weight is 418 g/mol. The lowest BCUT2D eigenvalue weighted by Gasteiger charge is -2.08. The molecule has 0 aliphatic heterocycles. The highest BCUT2D eigenvalue weighted by molar-refractivity contribution is 6.30. The van der Waals surface area contributed by atoms with Crippen molar-refractivity contribution in [1.82, 2.24) is 24.9 Å². The van der Waals surface area contributed by atoms with Crippen molar-refractivity contribution in [3.05, 3.63) is 81.6 Å². The molecule has 0 fully saturated rings. The Balaban J connectivity index is 1.72. The lowest BCUT2D eigenvalue weighted by atomic mass is 10.00. The SMILES string of the molecule is Cc1noc(-c2cccc(-c3c(C)ncc4c(=O)n(-c5ccc(Cl)cc5)[nH]c34)c2)n1. The zero-order chi connectivity index (χ0) is 20.8. The summed E-state index contributed by atoms with van der Waals surface area (Å²) in [5.41, 5.74) is 4.55. The van der Waals surface area contributed by atoms with Gasteiger partial charge in [0, 0.05) is 28.0 Å². The highest BCUT2D eigenvalue weighted by atomic mass is 35.5. The number of aryl methyl sites for hydroxylation is 2. The van der Waals surface area contributed by atoms with Crippen LogP contribution in [-0.2, 0) is 0 Å². The number of hydrogen-bond donors (Lipinski definition) is 1. The fourth-order valence-corrected chi connectivity index (χ4v) is 3.64. The predicted octanol–water partition coefficient (Wildman–Crippen LogP) is 4.70. The smallest absolute Gasteiger partial charge is 0.280 e. The number of benzene rings is 2. The predicted molar refractivity (Wildman–Crippen MR) is 115 cm³/mol. The second-order valence-electron chi connectivity index (χ2n) is 6.96. The summed E-state index contributed by atoms with van der Waals surface area (Å²) < 4.78 is 6.80. The van der Waals surface area contributed by atoms with Crippen LogP contribution >= 0.6 is 11.6 Å². The van der Waals surface area contributed by atoms with Gasteiger partial charge >= 0.3 is 0 Å². The Morgan fingerprint density at radius 3 is 2.57 bits per heavy atom. The number of nitrogens with one attached hydrogen (secondary N) is 1. The van der Waals surface area contributed by atoms with Gasteiger partial charge < -0.3 is 4.52 Å². The number of halogens is 1. The van der Waals surface area contributed by atoms with Gasteiger partial charge in [-0.15, -0.1) is 0 Å². The van der Waals surface area contributed by atoms with Gasteiger partial charge in [-0.1, -0.05) is 28.9 Å². The summed E-state index contributed by atoms with van der Waals surface area (Å²) in [6.45, 7) is 3.69. The minimum Gasteiger partial charge on any atom is -0.334 e. The van der Waals surface area contributed by atoms with Crippen molar-refractivity contribution in [3.8, 4) is 28.3 Å². The molecule has 0 atom stereocenters. The highest BCUT2D eigenvalue weighted by Gasteiger charge is 2.17. The molecule has 0 amide bonds. The zero-order valence-electron chi connectivity index (χ0n) is 16.2. The third-order valence-electron chi connectivity index (χ3n) is 4.94. The first-order valence-electron chi connectivity index (χ1n) is 9.28. The lowest BCUT2D eigenvalue weighted by Crippen LogP contribution is -2.14. The third kappa shape index (κ3) is 3.00. The molecule has 5 rings (SSSR count). The van der Waals surface area contributed by atoms with Gasteiger partial charge in [0.05, 0.1) is 16.6 Å². The molecule has 0 spiro atoms. The molecule has 0 saturated heterocycles. The van der Waals surface area contributed by atoms with E-state index in [1.807, 2.05) is 31.2 Å². The van der Waals surface area contributed by atoms with E-state index in [-0.39, 0.29) is 5.56 Å². The fourth-order valence-electron chi connectivity index (χ4n) is 3.51. The van der Waals surface area contributed by atoms with E-state index in [2.05, 4.69) is 20.2 Å². The fraction of sp³-hybridized carbons (Fsp3) is 0.0909. The largest absolute Gasteiger partial charge is 0.334 e. The van der Waals surface area contributed by atoms with Crippen LogP contribution in [0.2, 0.25) is 5.02 Å². The Labute approximate surface area is 175 Å². The molecule has 30 heavy (non-hydrogen) atoms. The van der Waals surface area contributed by atoms with E-state index in [0.717, 1.165) is 22.4 Å². The maximum absolute atomic E-state index is 13.0. The van der Waals surface area contributed by atoms with E-state index < -0.39 is 0 Å². The number of H-pyrrole nitrogens is 1. The van der Waals surface area contributed by atoms with Gasteiger partial charge in [0.2, 0.25) is 0 Å². The van der Waals surface area contributed by atoms with Gasteiger partial charge in [0.1, 0.15) is 0 Å². The van der Waals surface area contributed by atoms with Crippen molar-refractivity contribution in [3.63, 3.8) is 0 Å². The number of aromatic amines is 1. The van der Waals surface area contributed by atoms with E-state index in [0.29, 0.717) is 33.3 Å². The molecular formula is C22H16ClN5O2.